The van der Waals surface area contributed by atoms with Gasteiger partial charge < -0.3 is 16.0 Å². The van der Waals surface area contributed by atoms with Crippen LogP contribution >= 0.6 is 0 Å². The van der Waals surface area contributed by atoms with E-state index in [1.165, 1.54) is 0 Å². The number of aryl methyl sites for hydroxylation is 1. The van der Waals surface area contributed by atoms with Crippen LogP contribution in [0.5, 0.6) is 0 Å². The minimum Gasteiger partial charge on any atom is -0.349 e. The molecule has 6 heteroatoms. The normalized spacial score (nSPS) is 11.4. The van der Waals surface area contributed by atoms with Gasteiger partial charge in [0.15, 0.2) is 0 Å². The molecule has 27 heavy (non-hydrogen) atoms. The highest BCUT2D eigenvalue weighted by Gasteiger charge is 2.14. The summed E-state index contributed by atoms with van der Waals surface area (Å²) in [4.78, 5) is 36.0. The molecule has 3 N–H and O–H groups in total. The molecular weight excluding hydrogens is 342 g/mol. The molecule has 3 amide bonds. The van der Waals surface area contributed by atoms with Crippen molar-refractivity contribution in [2.75, 3.05) is 10.6 Å². The van der Waals surface area contributed by atoms with Crippen LogP contribution < -0.4 is 16.0 Å². The maximum atomic E-state index is 12.3. The molecule has 0 bridgehead atoms. The van der Waals surface area contributed by atoms with Crippen LogP contribution in [0.3, 0.4) is 0 Å². The highest BCUT2D eigenvalue weighted by molar-refractivity contribution is 5.96. The number of carbonyl (C=O) groups is 3. The van der Waals surface area contributed by atoms with Gasteiger partial charge in [0.25, 0.3) is 5.91 Å². The summed E-state index contributed by atoms with van der Waals surface area (Å²) in [6, 6.07) is 13.9. The minimum absolute atomic E-state index is 0.0895. The van der Waals surface area contributed by atoms with Crippen LogP contribution in [-0.4, -0.2) is 23.8 Å². The van der Waals surface area contributed by atoms with Crippen LogP contribution in [0.25, 0.3) is 0 Å². The number of hydrogen-bond donors (Lipinski definition) is 3. The predicted octanol–water partition coefficient (Wildman–Crippen LogP) is 3.49. The molecule has 2 rings (SSSR count). The van der Waals surface area contributed by atoms with E-state index in [-0.39, 0.29) is 30.2 Å². The van der Waals surface area contributed by atoms with Gasteiger partial charge in [0.2, 0.25) is 11.8 Å². The molecule has 0 saturated carbocycles. The summed E-state index contributed by atoms with van der Waals surface area (Å²) in [7, 11) is 0. The Kier molecular flexibility index (Phi) is 7.11. The first-order valence-electron chi connectivity index (χ1n) is 8.95. The van der Waals surface area contributed by atoms with E-state index in [1.54, 1.807) is 50.2 Å². The number of rotatable bonds is 7. The van der Waals surface area contributed by atoms with Gasteiger partial charge in [-0.1, -0.05) is 31.2 Å². The van der Waals surface area contributed by atoms with Gasteiger partial charge in [-0.05, 0) is 43.7 Å². The Morgan fingerprint density at radius 1 is 0.963 bits per heavy atom. The van der Waals surface area contributed by atoms with E-state index in [9.17, 15) is 14.4 Å². The Morgan fingerprint density at radius 3 is 2.33 bits per heavy atom. The Hall–Kier alpha value is -3.15. The summed E-state index contributed by atoms with van der Waals surface area (Å²) in [6.45, 7) is 5.43. The van der Waals surface area contributed by atoms with Gasteiger partial charge in [-0.25, -0.2) is 0 Å². The zero-order valence-electron chi connectivity index (χ0n) is 15.8. The Bertz CT molecular complexity index is 819. The highest BCUT2D eigenvalue weighted by Crippen LogP contribution is 2.21. The molecule has 142 valence electrons. The van der Waals surface area contributed by atoms with Gasteiger partial charge in [0.05, 0.1) is 0 Å². The average Bonchev–Trinajstić information content (AvgIpc) is 2.64. The smallest absolute Gasteiger partial charge is 0.251 e. The molecule has 1 atom stereocenters. The second-order valence-electron chi connectivity index (χ2n) is 6.42. The largest absolute Gasteiger partial charge is 0.349 e. The summed E-state index contributed by atoms with van der Waals surface area (Å²) >= 11 is 0. The van der Waals surface area contributed by atoms with Crippen molar-refractivity contribution in [2.45, 2.75) is 39.7 Å². The van der Waals surface area contributed by atoms with Crippen LogP contribution in [0.2, 0.25) is 0 Å². The second kappa shape index (κ2) is 9.52. The van der Waals surface area contributed by atoms with E-state index in [2.05, 4.69) is 16.0 Å². The van der Waals surface area contributed by atoms with Crippen molar-refractivity contribution in [1.82, 2.24) is 5.32 Å². The molecule has 0 spiro atoms. The lowest BCUT2D eigenvalue weighted by molar-refractivity contribution is -0.117. The molecule has 0 aliphatic carbocycles. The molecule has 2 aromatic rings. The topological polar surface area (TPSA) is 87.3 Å². The molecule has 0 saturated heterocycles. The standard InChI is InChI=1S/C21H25N3O3/c1-4-19(25)23-17-11-10-14(2)18(13-17)24-20(26)12-15(3)22-21(27)16-8-6-5-7-9-16/h5-11,13,15H,4,12H2,1-3H3,(H,22,27)(H,23,25)(H,24,26). The molecule has 0 fully saturated rings. The third-order valence-electron chi connectivity index (χ3n) is 4.02. The van der Waals surface area contributed by atoms with Gasteiger partial charge >= 0.3 is 0 Å². The van der Waals surface area contributed by atoms with Crippen LogP contribution in [0.1, 0.15) is 42.6 Å². The maximum Gasteiger partial charge on any atom is 0.251 e. The van der Waals surface area contributed by atoms with Crippen molar-refractivity contribution in [3.8, 4) is 0 Å². The Balaban J connectivity index is 1.93. The SMILES string of the molecule is CCC(=O)Nc1ccc(C)c(NC(=O)CC(C)NC(=O)c2ccccc2)c1. The number of benzene rings is 2. The van der Waals surface area contributed by atoms with E-state index in [0.717, 1.165) is 5.56 Å². The lowest BCUT2D eigenvalue weighted by Crippen LogP contribution is -2.35. The number of nitrogens with one attached hydrogen (secondary N) is 3. The molecule has 0 heterocycles. The van der Waals surface area contributed by atoms with Gasteiger partial charge in [-0.15, -0.1) is 0 Å². The van der Waals surface area contributed by atoms with Crippen LogP contribution in [0.4, 0.5) is 11.4 Å². The lowest BCUT2D eigenvalue weighted by Gasteiger charge is -2.15. The first-order chi connectivity index (χ1) is 12.9. The second-order valence-corrected chi connectivity index (χ2v) is 6.42. The molecule has 2 aromatic carbocycles. The van der Waals surface area contributed by atoms with E-state index in [4.69, 9.17) is 0 Å². The molecule has 0 aromatic heterocycles. The first-order valence-corrected chi connectivity index (χ1v) is 8.95. The van der Waals surface area contributed by atoms with Gasteiger partial charge in [0.1, 0.15) is 0 Å². The van der Waals surface area contributed by atoms with Crippen molar-refractivity contribution >= 4 is 29.1 Å². The maximum absolute atomic E-state index is 12.3. The van der Waals surface area contributed by atoms with E-state index >= 15 is 0 Å². The third-order valence-corrected chi connectivity index (χ3v) is 4.02. The zero-order chi connectivity index (χ0) is 19.8. The van der Waals surface area contributed by atoms with E-state index in [0.29, 0.717) is 23.4 Å². The zero-order valence-corrected chi connectivity index (χ0v) is 15.8. The van der Waals surface area contributed by atoms with Crippen molar-refractivity contribution < 1.29 is 14.4 Å². The molecule has 0 aliphatic rings. The molecular formula is C21H25N3O3. The summed E-state index contributed by atoms with van der Waals surface area (Å²) in [5.41, 5.74) is 2.71. The molecule has 0 radical (unpaired) electrons. The van der Waals surface area contributed by atoms with Gasteiger partial charge in [-0.3, -0.25) is 14.4 Å². The summed E-state index contributed by atoms with van der Waals surface area (Å²) in [5.74, 6) is -0.511. The molecule has 1 unspecified atom stereocenters. The van der Waals surface area contributed by atoms with Crippen LogP contribution in [0.15, 0.2) is 48.5 Å². The highest BCUT2D eigenvalue weighted by atomic mass is 16.2. The fraction of sp³-hybridized carbons (Fsp3) is 0.286. The third kappa shape index (κ3) is 6.26. The van der Waals surface area contributed by atoms with Gasteiger partial charge in [0, 0.05) is 35.8 Å². The van der Waals surface area contributed by atoms with Crippen LogP contribution in [-0.2, 0) is 9.59 Å². The number of anilines is 2. The van der Waals surface area contributed by atoms with E-state index < -0.39 is 0 Å². The van der Waals surface area contributed by atoms with Crippen molar-refractivity contribution in [3.05, 3.63) is 59.7 Å². The summed E-state index contributed by atoms with van der Waals surface area (Å²) in [6.07, 6.45) is 0.526. The minimum atomic E-state index is -0.319. The summed E-state index contributed by atoms with van der Waals surface area (Å²) < 4.78 is 0. The summed E-state index contributed by atoms with van der Waals surface area (Å²) in [5, 5.41) is 8.43. The Labute approximate surface area is 159 Å². The van der Waals surface area contributed by atoms with Crippen LogP contribution in [0, 0.1) is 6.92 Å². The quantitative estimate of drug-likeness (QED) is 0.700. The fourth-order valence-electron chi connectivity index (χ4n) is 2.51. The monoisotopic (exact) mass is 367 g/mol. The number of carbonyl (C=O) groups excluding carboxylic acids is 3. The van der Waals surface area contributed by atoms with Crippen molar-refractivity contribution in [3.63, 3.8) is 0 Å². The van der Waals surface area contributed by atoms with Crippen molar-refractivity contribution in [2.24, 2.45) is 0 Å². The molecule has 6 nitrogen and oxygen atoms in total. The number of hydrogen-bond acceptors (Lipinski definition) is 3. The average molecular weight is 367 g/mol. The van der Waals surface area contributed by atoms with E-state index in [1.807, 2.05) is 19.1 Å². The predicted molar refractivity (Wildman–Crippen MR) is 107 cm³/mol. The lowest BCUT2D eigenvalue weighted by atomic mass is 10.1. The molecule has 0 aliphatic heterocycles. The number of amides is 3. The Morgan fingerprint density at radius 2 is 1.67 bits per heavy atom. The van der Waals surface area contributed by atoms with Crippen molar-refractivity contribution in [1.29, 1.82) is 0 Å². The first kappa shape index (κ1) is 20.2. The van der Waals surface area contributed by atoms with Gasteiger partial charge in [-0.2, -0.15) is 0 Å². The fourth-order valence-corrected chi connectivity index (χ4v) is 2.51.